The van der Waals surface area contributed by atoms with Crippen molar-refractivity contribution < 1.29 is 13.6 Å². The number of rotatable bonds is 2. The van der Waals surface area contributed by atoms with Gasteiger partial charge in [0.05, 0.1) is 17.6 Å². The Balaban J connectivity index is 2.27. The number of hydrogen-bond donors (Lipinski definition) is 2. The predicted octanol–water partition coefficient (Wildman–Crippen LogP) is 1.53. The number of aromatic nitrogens is 2. The van der Waals surface area contributed by atoms with Gasteiger partial charge in [0.1, 0.15) is 17.3 Å². The lowest BCUT2D eigenvalue weighted by Gasteiger charge is -2.07. The minimum atomic E-state index is -0.857. The van der Waals surface area contributed by atoms with Gasteiger partial charge in [-0.1, -0.05) is 0 Å². The smallest absolute Gasteiger partial charge is 0.276 e. The highest BCUT2D eigenvalue weighted by atomic mass is 19.1. The number of aryl methyl sites for hydroxylation is 1. The molecule has 1 aromatic heterocycles. The van der Waals surface area contributed by atoms with E-state index < -0.39 is 17.5 Å². The standard InChI is InChI=1S/C11H10F2N4O/c1-17-10(8(14)5-15-17)11(18)16-9-3-2-6(12)4-7(9)13/h2-5H,14H2,1H3,(H,16,18). The van der Waals surface area contributed by atoms with Crippen LogP contribution < -0.4 is 11.1 Å². The molecule has 1 aromatic carbocycles. The maximum atomic E-state index is 13.3. The summed E-state index contributed by atoms with van der Waals surface area (Å²) < 4.78 is 27.3. The zero-order chi connectivity index (χ0) is 13.3. The molecule has 0 saturated carbocycles. The molecule has 0 unspecified atom stereocenters. The molecular formula is C11H10F2N4O. The van der Waals surface area contributed by atoms with Crippen LogP contribution in [0.2, 0.25) is 0 Å². The quantitative estimate of drug-likeness (QED) is 0.851. The van der Waals surface area contributed by atoms with E-state index in [0.29, 0.717) is 6.07 Å². The van der Waals surface area contributed by atoms with Crippen molar-refractivity contribution >= 4 is 17.3 Å². The highest BCUT2D eigenvalue weighted by molar-refractivity contribution is 6.06. The van der Waals surface area contributed by atoms with Crippen LogP contribution in [0.25, 0.3) is 0 Å². The number of benzene rings is 1. The van der Waals surface area contributed by atoms with E-state index in [0.717, 1.165) is 12.1 Å². The largest absolute Gasteiger partial charge is 0.396 e. The van der Waals surface area contributed by atoms with E-state index in [4.69, 9.17) is 5.73 Å². The molecule has 0 aliphatic carbocycles. The number of anilines is 2. The SMILES string of the molecule is Cn1ncc(N)c1C(=O)Nc1ccc(F)cc1F. The van der Waals surface area contributed by atoms with Gasteiger partial charge in [-0.2, -0.15) is 5.10 Å². The maximum absolute atomic E-state index is 13.3. The van der Waals surface area contributed by atoms with E-state index in [9.17, 15) is 13.6 Å². The Labute approximate surface area is 101 Å². The van der Waals surface area contributed by atoms with Gasteiger partial charge in [0.2, 0.25) is 0 Å². The zero-order valence-corrected chi connectivity index (χ0v) is 9.45. The molecule has 1 amide bonds. The van der Waals surface area contributed by atoms with Gasteiger partial charge in [-0.3, -0.25) is 9.48 Å². The molecule has 94 valence electrons. The third-order valence-corrected chi connectivity index (χ3v) is 2.36. The first kappa shape index (κ1) is 12.0. The zero-order valence-electron chi connectivity index (χ0n) is 9.45. The van der Waals surface area contributed by atoms with E-state index >= 15 is 0 Å². The summed E-state index contributed by atoms with van der Waals surface area (Å²) in [5, 5.41) is 6.09. The van der Waals surface area contributed by atoms with Crippen LogP contribution in [0.4, 0.5) is 20.2 Å². The number of hydrogen-bond acceptors (Lipinski definition) is 3. The molecule has 2 rings (SSSR count). The highest BCUT2D eigenvalue weighted by Gasteiger charge is 2.16. The van der Waals surface area contributed by atoms with Crippen molar-refractivity contribution in [3.05, 3.63) is 41.7 Å². The molecule has 0 fully saturated rings. The van der Waals surface area contributed by atoms with Crippen molar-refractivity contribution in [2.24, 2.45) is 7.05 Å². The molecule has 7 heteroatoms. The average Bonchev–Trinajstić information content (AvgIpc) is 2.62. The topological polar surface area (TPSA) is 72.9 Å². The molecule has 0 radical (unpaired) electrons. The summed E-state index contributed by atoms with van der Waals surface area (Å²) in [5.41, 5.74) is 5.73. The van der Waals surface area contributed by atoms with Gasteiger partial charge in [-0.05, 0) is 12.1 Å². The first-order valence-corrected chi connectivity index (χ1v) is 5.03. The molecule has 0 atom stereocenters. The van der Waals surface area contributed by atoms with Crippen LogP contribution in [0.5, 0.6) is 0 Å². The lowest BCUT2D eigenvalue weighted by Crippen LogP contribution is -2.18. The number of nitrogens with zero attached hydrogens (tertiary/aromatic N) is 2. The Hall–Kier alpha value is -2.44. The Morgan fingerprint density at radius 2 is 2.17 bits per heavy atom. The van der Waals surface area contributed by atoms with Crippen molar-refractivity contribution in [2.45, 2.75) is 0 Å². The van der Waals surface area contributed by atoms with Crippen LogP contribution in [0.3, 0.4) is 0 Å². The number of carbonyl (C=O) groups is 1. The van der Waals surface area contributed by atoms with Crippen molar-refractivity contribution in [1.82, 2.24) is 9.78 Å². The second kappa shape index (κ2) is 4.44. The second-order valence-corrected chi connectivity index (χ2v) is 3.65. The Morgan fingerprint density at radius 3 is 2.72 bits per heavy atom. The molecule has 0 spiro atoms. The highest BCUT2D eigenvalue weighted by Crippen LogP contribution is 2.17. The minimum Gasteiger partial charge on any atom is -0.396 e. The van der Waals surface area contributed by atoms with E-state index in [1.165, 1.54) is 17.9 Å². The monoisotopic (exact) mass is 252 g/mol. The Kier molecular flexibility index (Phi) is 2.97. The van der Waals surface area contributed by atoms with E-state index in [1.54, 1.807) is 0 Å². The summed E-state index contributed by atoms with van der Waals surface area (Å²) in [7, 11) is 1.53. The molecule has 18 heavy (non-hydrogen) atoms. The second-order valence-electron chi connectivity index (χ2n) is 3.65. The number of amides is 1. The average molecular weight is 252 g/mol. The van der Waals surface area contributed by atoms with Crippen LogP contribution in [0, 0.1) is 11.6 Å². The molecule has 3 N–H and O–H groups in total. The van der Waals surface area contributed by atoms with Gasteiger partial charge < -0.3 is 11.1 Å². The lowest BCUT2D eigenvalue weighted by molar-refractivity contribution is 0.101. The van der Waals surface area contributed by atoms with Crippen LogP contribution in [-0.2, 0) is 7.05 Å². The fourth-order valence-corrected chi connectivity index (χ4v) is 1.50. The van der Waals surface area contributed by atoms with E-state index in [1.807, 2.05) is 0 Å². The molecule has 1 heterocycles. The number of halogens is 2. The van der Waals surface area contributed by atoms with Crippen molar-refractivity contribution in [3.8, 4) is 0 Å². The number of nitrogen functional groups attached to an aromatic ring is 1. The van der Waals surface area contributed by atoms with Crippen molar-refractivity contribution in [3.63, 3.8) is 0 Å². The van der Waals surface area contributed by atoms with Gasteiger partial charge in [-0.25, -0.2) is 8.78 Å². The normalized spacial score (nSPS) is 10.4. The van der Waals surface area contributed by atoms with Gasteiger partial charge in [0.15, 0.2) is 0 Å². The van der Waals surface area contributed by atoms with Crippen LogP contribution in [0.1, 0.15) is 10.5 Å². The molecule has 0 aliphatic heterocycles. The van der Waals surface area contributed by atoms with Gasteiger partial charge in [0.25, 0.3) is 5.91 Å². The predicted molar refractivity (Wildman–Crippen MR) is 61.9 cm³/mol. The van der Waals surface area contributed by atoms with Crippen molar-refractivity contribution in [1.29, 1.82) is 0 Å². The lowest BCUT2D eigenvalue weighted by atomic mass is 10.2. The fourth-order valence-electron chi connectivity index (χ4n) is 1.50. The third kappa shape index (κ3) is 2.15. The number of carbonyl (C=O) groups excluding carboxylic acids is 1. The van der Waals surface area contributed by atoms with Crippen molar-refractivity contribution in [2.75, 3.05) is 11.1 Å². The minimum absolute atomic E-state index is 0.110. The Morgan fingerprint density at radius 1 is 1.44 bits per heavy atom. The maximum Gasteiger partial charge on any atom is 0.276 e. The van der Waals surface area contributed by atoms with Crippen LogP contribution in [0.15, 0.2) is 24.4 Å². The van der Waals surface area contributed by atoms with E-state index in [-0.39, 0.29) is 17.1 Å². The number of nitrogens with two attached hydrogens (primary N) is 1. The fraction of sp³-hybridized carbons (Fsp3) is 0.0909. The summed E-state index contributed by atoms with van der Waals surface area (Å²) >= 11 is 0. The molecule has 5 nitrogen and oxygen atoms in total. The summed E-state index contributed by atoms with van der Waals surface area (Å²) in [4.78, 5) is 11.8. The molecule has 2 aromatic rings. The molecular weight excluding hydrogens is 242 g/mol. The van der Waals surface area contributed by atoms with Gasteiger partial charge in [0, 0.05) is 13.1 Å². The van der Waals surface area contributed by atoms with Crippen LogP contribution >= 0.6 is 0 Å². The van der Waals surface area contributed by atoms with Gasteiger partial charge in [-0.15, -0.1) is 0 Å². The first-order valence-electron chi connectivity index (χ1n) is 5.03. The molecule has 0 bridgehead atoms. The number of nitrogens with one attached hydrogen (secondary N) is 1. The molecule has 0 saturated heterocycles. The summed E-state index contributed by atoms with van der Waals surface area (Å²) in [5.74, 6) is -2.19. The summed E-state index contributed by atoms with van der Waals surface area (Å²) in [6.07, 6.45) is 1.32. The van der Waals surface area contributed by atoms with Crippen LogP contribution in [-0.4, -0.2) is 15.7 Å². The molecule has 0 aliphatic rings. The Bertz CT molecular complexity index is 590. The van der Waals surface area contributed by atoms with Gasteiger partial charge >= 0.3 is 0 Å². The van der Waals surface area contributed by atoms with E-state index in [2.05, 4.69) is 10.4 Å². The first-order chi connectivity index (χ1) is 8.49. The summed E-state index contributed by atoms with van der Waals surface area (Å²) in [6.45, 7) is 0. The third-order valence-electron chi connectivity index (χ3n) is 2.36. The summed E-state index contributed by atoms with van der Waals surface area (Å²) in [6, 6.07) is 2.86.